The number of ether oxygens (including phenoxy) is 1. The highest BCUT2D eigenvalue weighted by atomic mass is 16.5. The standard InChI is InChI=1S/C9H13N3O/c1-13-7-6-12-9(10)8-2-4-11-5-3-8/h2-5H,6-7H2,1H3,(H2,10,12). The van der Waals surface area contributed by atoms with Gasteiger partial charge in [-0.3, -0.25) is 9.98 Å². The summed E-state index contributed by atoms with van der Waals surface area (Å²) in [5.41, 5.74) is 6.60. The first-order chi connectivity index (χ1) is 6.34. The van der Waals surface area contributed by atoms with Gasteiger partial charge in [0.15, 0.2) is 0 Å². The molecule has 1 rings (SSSR count). The molecule has 0 aliphatic carbocycles. The van der Waals surface area contributed by atoms with Gasteiger partial charge in [0.1, 0.15) is 5.84 Å². The lowest BCUT2D eigenvalue weighted by atomic mass is 10.2. The summed E-state index contributed by atoms with van der Waals surface area (Å²) in [6.07, 6.45) is 3.38. The van der Waals surface area contributed by atoms with E-state index < -0.39 is 0 Å². The van der Waals surface area contributed by atoms with Crippen molar-refractivity contribution in [1.82, 2.24) is 4.98 Å². The molecule has 13 heavy (non-hydrogen) atoms. The third kappa shape index (κ3) is 3.21. The van der Waals surface area contributed by atoms with Crippen molar-refractivity contribution in [3.63, 3.8) is 0 Å². The third-order valence-electron chi connectivity index (χ3n) is 1.55. The number of amidine groups is 1. The van der Waals surface area contributed by atoms with Crippen LogP contribution in [0.25, 0.3) is 0 Å². The largest absolute Gasteiger partial charge is 0.384 e. The maximum absolute atomic E-state index is 5.70. The van der Waals surface area contributed by atoms with E-state index in [1.165, 1.54) is 0 Å². The third-order valence-corrected chi connectivity index (χ3v) is 1.55. The molecule has 0 amide bonds. The average Bonchev–Trinajstić information content (AvgIpc) is 2.19. The van der Waals surface area contributed by atoms with Gasteiger partial charge in [-0.05, 0) is 12.1 Å². The summed E-state index contributed by atoms with van der Waals surface area (Å²) in [5, 5.41) is 0. The van der Waals surface area contributed by atoms with Crippen LogP contribution >= 0.6 is 0 Å². The molecule has 0 aromatic carbocycles. The number of methoxy groups -OCH3 is 1. The van der Waals surface area contributed by atoms with Crippen LogP contribution in [0, 0.1) is 0 Å². The average molecular weight is 179 g/mol. The molecule has 2 N–H and O–H groups in total. The van der Waals surface area contributed by atoms with Crippen LogP contribution in [-0.4, -0.2) is 31.1 Å². The van der Waals surface area contributed by atoms with E-state index in [9.17, 15) is 0 Å². The molecule has 0 atom stereocenters. The molecule has 0 unspecified atom stereocenters. The van der Waals surface area contributed by atoms with Gasteiger partial charge in [0.2, 0.25) is 0 Å². The van der Waals surface area contributed by atoms with Gasteiger partial charge < -0.3 is 10.5 Å². The van der Waals surface area contributed by atoms with E-state index in [4.69, 9.17) is 10.5 Å². The zero-order valence-corrected chi connectivity index (χ0v) is 7.60. The van der Waals surface area contributed by atoms with Crippen LogP contribution in [0.15, 0.2) is 29.5 Å². The Labute approximate surface area is 77.5 Å². The second-order valence-corrected chi connectivity index (χ2v) is 2.50. The molecule has 1 heterocycles. The summed E-state index contributed by atoms with van der Waals surface area (Å²) in [7, 11) is 1.64. The first-order valence-electron chi connectivity index (χ1n) is 4.04. The summed E-state index contributed by atoms with van der Waals surface area (Å²) in [5.74, 6) is 0.527. The summed E-state index contributed by atoms with van der Waals surface area (Å²) >= 11 is 0. The Bertz CT molecular complexity index is 271. The molecule has 0 aliphatic rings. The van der Waals surface area contributed by atoms with Crippen LogP contribution in [0.5, 0.6) is 0 Å². The molecule has 4 heteroatoms. The first kappa shape index (κ1) is 9.67. The molecule has 0 spiro atoms. The molecular formula is C9H13N3O. The number of aliphatic imine (C=N–C) groups is 1. The minimum absolute atomic E-state index is 0.527. The number of nitrogens with two attached hydrogens (primary N) is 1. The lowest BCUT2D eigenvalue weighted by Gasteiger charge is -1.99. The Morgan fingerprint density at radius 2 is 2.23 bits per heavy atom. The van der Waals surface area contributed by atoms with Crippen LogP contribution in [0.2, 0.25) is 0 Å². The van der Waals surface area contributed by atoms with Gasteiger partial charge in [0.05, 0.1) is 13.2 Å². The van der Waals surface area contributed by atoms with Crippen LogP contribution in [0.4, 0.5) is 0 Å². The highest BCUT2D eigenvalue weighted by molar-refractivity contribution is 5.97. The zero-order chi connectivity index (χ0) is 9.52. The summed E-state index contributed by atoms with van der Waals surface area (Å²) in [6, 6.07) is 3.65. The van der Waals surface area contributed by atoms with Gasteiger partial charge in [-0.1, -0.05) is 0 Å². The van der Waals surface area contributed by atoms with Gasteiger partial charge in [0, 0.05) is 25.1 Å². The Morgan fingerprint density at radius 1 is 1.54 bits per heavy atom. The molecule has 0 saturated carbocycles. The monoisotopic (exact) mass is 179 g/mol. The van der Waals surface area contributed by atoms with Crippen molar-refractivity contribution in [2.24, 2.45) is 10.7 Å². The van der Waals surface area contributed by atoms with Crippen LogP contribution in [-0.2, 0) is 4.74 Å². The molecular weight excluding hydrogens is 166 g/mol. The van der Waals surface area contributed by atoms with Gasteiger partial charge in [-0.25, -0.2) is 0 Å². The highest BCUT2D eigenvalue weighted by Crippen LogP contribution is 1.94. The quantitative estimate of drug-likeness (QED) is 0.414. The summed E-state index contributed by atoms with van der Waals surface area (Å²) in [4.78, 5) is 8.01. The van der Waals surface area contributed by atoms with E-state index in [1.54, 1.807) is 19.5 Å². The van der Waals surface area contributed by atoms with Crippen LogP contribution in [0.3, 0.4) is 0 Å². The SMILES string of the molecule is COCCN=C(N)c1ccncc1. The fraction of sp³-hybridized carbons (Fsp3) is 0.333. The predicted molar refractivity (Wildman–Crippen MR) is 51.7 cm³/mol. The number of hydrogen-bond donors (Lipinski definition) is 1. The van der Waals surface area contributed by atoms with E-state index in [1.807, 2.05) is 12.1 Å². The zero-order valence-electron chi connectivity index (χ0n) is 7.60. The molecule has 0 saturated heterocycles. The Kier molecular flexibility index (Phi) is 3.92. The highest BCUT2D eigenvalue weighted by Gasteiger charge is 1.94. The van der Waals surface area contributed by atoms with Gasteiger partial charge in [-0.15, -0.1) is 0 Å². The summed E-state index contributed by atoms with van der Waals surface area (Å²) in [6.45, 7) is 1.18. The van der Waals surface area contributed by atoms with Gasteiger partial charge in [0.25, 0.3) is 0 Å². The molecule has 1 aromatic heterocycles. The molecule has 1 aromatic rings. The lowest BCUT2D eigenvalue weighted by molar-refractivity contribution is 0.208. The van der Waals surface area contributed by atoms with Crippen LogP contribution < -0.4 is 5.73 Å². The molecule has 4 nitrogen and oxygen atoms in total. The van der Waals surface area contributed by atoms with Crippen molar-refractivity contribution in [1.29, 1.82) is 0 Å². The van der Waals surface area contributed by atoms with Crippen molar-refractivity contribution in [2.75, 3.05) is 20.3 Å². The van der Waals surface area contributed by atoms with Gasteiger partial charge >= 0.3 is 0 Å². The van der Waals surface area contributed by atoms with Gasteiger partial charge in [-0.2, -0.15) is 0 Å². The normalized spacial score (nSPS) is 11.6. The van der Waals surface area contributed by atoms with E-state index in [-0.39, 0.29) is 0 Å². The smallest absolute Gasteiger partial charge is 0.125 e. The second kappa shape index (κ2) is 5.27. The molecule has 70 valence electrons. The van der Waals surface area contributed by atoms with Crippen LogP contribution in [0.1, 0.15) is 5.56 Å². The second-order valence-electron chi connectivity index (χ2n) is 2.50. The van der Waals surface area contributed by atoms with Crippen molar-refractivity contribution < 1.29 is 4.74 Å². The molecule has 0 bridgehead atoms. The number of rotatable bonds is 4. The summed E-state index contributed by atoms with van der Waals surface area (Å²) < 4.78 is 4.85. The number of aromatic nitrogens is 1. The molecule has 0 radical (unpaired) electrons. The lowest BCUT2D eigenvalue weighted by Crippen LogP contribution is -2.14. The molecule has 0 aliphatic heterocycles. The van der Waals surface area contributed by atoms with E-state index in [0.29, 0.717) is 19.0 Å². The number of hydrogen-bond acceptors (Lipinski definition) is 3. The van der Waals surface area contributed by atoms with Crippen molar-refractivity contribution in [3.05, 3.63) is 30.1 Å². The fourth-order valence-corrected chi connectivity index (χ4v) is 0.871. The van der Waals surface area contributed by atoms with E-state index >= 15 is 0 Å². The van der Waals surface area contributed by atoms with E-state index in [2.05, 4.69) is 9.98 Å². The fourth-order valence-electron chi connectivity index (χ4n) is 0.871. The number of nitrogens with zero attached hydrogens (tertiary/aromatic N) is 2. The first-order valence-corrected chi connectivity index (χ1v) is 4.04. The van der Waals surface area contributed by atoms with E-state index in [0.717, 1.165) is 5.56 Å². The maximum Gasteiger partial charge on any atom is 0.125 e. The Hall–Kier alpha value is -1.42. The maximum atomic E-state index is 5.70. The minimum atomic E-state index is 0.527. The van der Waals surface area contributed by atoms with Crippen molar-refractivity contribution in [3.8, 4) is 0 Å². The Balaban J connectivity index is 2.57. The van der Waals surface area contributed by atoms with Crippen molar-refractivity contribution in [2.45, 2.75) is 0 Å². The topological polar surface area (TPSA) is 60.5 Å². The number of pyridine rings is 1. The predicted octanol–water partition coefficient (Wildman–Crippen LogP) is 0.433. The van der Waals surface area contributed by atoms with Crippen molar-refractivity contribution >= 4 is 5.84 Å². The minimum Gasteiger partial charge on any atom is -0.384 e. The molecule has 0 fully saturated rings. The Morgan fingerprint density at radius 3 is 2.85 bits per heavy atom.